The van der Waals surface area contributed by atoms with Gasteiger partial charge in [0.1, 0.15) is 0 Å². The van der Waals surface area contributed by atoms with Crippen LogP contribution >= 0.6 is 11.6 Å². The molecular weight excluding hydrogens is 312 g/mol. The lowest BCUT2D eigenvalue weighted by molar-refractivity contribution is -0.121. The zero-order valence-electron chi connectivity index (χ0n) is 11.8. The molecule has 2 rings (SSSR count). The largest absolute Gasteiger partial charge is 0.353 e. The number of piperazine rings is 1. The molecule has 116 valence electrons. The first kappa shape index (κ1) is 16.3. The van der Waals surface area contributed by atoms with Gasteiger partial charge in [-0.3, -0.25) is 4.79 Å². The number of amides is 1. The second kappa shape index (κ2) is 6.77. The van der Waals surface area contributed by atoms with E-state index in [0.29, 0.717) is 11.6 Å². The highest BCUT2D eigenvalue weighted by molar-refractivity contribution is 7.91. The molecule has 1 amide bonds. The van der Waals surface area contributed by atoms with Crippen molar-refractivity contribution in [3.63, 3.8) is 0 Å². The van der Waals surface area contributed by atoms with Crippen LogP contribution in [0.1, 0.15) is 18.4 Å². The maximum absolute atomic E-state index is 12.0. The molecule has 2 atom stereocenters. The normalized spacial score (nSPS) is 20.9. The van der Waals surface area contributed by atoms with Gasteiger partial charge in [0, 0.05) is 29.3 Å². The fraction of sp³-hybridized carbons (Fsp3) is 0.500. The van der Waals surface area contributed by atoms with E-state index in [1.54, 1.807) is 19.1 Å². The number of halogens is 1. The molecule has 21 heavy (non-hydrogen) atoms. The molecule has 0 radical (unpaired) electrons. The van der Waals surface area contributed by atoms with E-state index in [1.165, 1.54) is 0 Å². The summed E-state index contributed by atoms with van der Waals surface area (Å²) in [5.74, 6) is -0.177. The van der Waals surface area contributed by atoms with Crippen molar-refractivity contribution in [1.82, 2.24) is 10.6 Å². The Bertz CT molecular complexity index is 608. The summed E-state index contributed by atoms with van der Waals surface area (Å²) in [6.45, 7) is 2.25. The summed E-state index contributed by atoms with van der Waals surface area (Å²) in [5.41, 5.74) is 0.869. The number of hydrogen-bond donors (Lipinski definition) is 2. The number of carbonyl (C=O) groups is 1. The van der Waals surface area contributed by atoms with Gasteiger partial charge in [-0.05, 0) is 17.7 Å². The smallest absolute Gasteiger partial charge is 0.234 e. The average Bonchev–Trinajstić information content (AvgIpc) is 2.46. The summed E-state index contributed by atoms with van der Waals surface area (Å²) in [4.78, 5) is 11.3. The van der Waals surface area contributed by atoms with Crippen LogP contribution in [0.25, 0.3) is 0 Å². The fourth-order valence-electron chi connectivity index (χ4n) is 2.44. The molecule has 1 fully saturated rings. The lowest BCUT2D eigenvalue weighted by Crippen LogP contribution is -2.55. The molecule has 1 heterocycles. The minimum Gasteiger partial charge on any atom is -0.353 e. The van der Waals surface area contributed by atoms with Crippen LogP contribution in [0, 0.1) is 0 Å². The van der Waals surface area contributed by atoms with Gasteiger partial charge in [0.25, 0.3) is 0 Å². The summed E-state index contributed by atoms with van der Waals surface area (Å²) in [7, 11) is -3.14. The second-order valence-electron chi connectivity index (χ2n) is 5.15. The van der Waals surface area contributed by atoms with Crippen LogP contribution in [-0.4, -0.2) is 45.0 Å². The first-order valence-electron chi connectivity index (χ1n) is 6.87. The maximum Gasteiger partial charge on any atom is 0.234 e. The van der Waals surface area contributed by atoms with Crippen LogP contribution in [0.3, 0.4) is 0 Å². The van der Waals surface area contributed by atoms with E-state index < -0.39 is 9.84 Å². The Hall–Kier alpha value is -1.11. The second-order valence-corrected chi connectivity index (χ2v) is 7.99. The third-order valence-electron chi connectivity index (χ3n) is 3.68. The van der Waals surface area contributed by atoms with Crippen molar-refractivity contribution in [3.8, 4) is 0 Å². The molecule has 0 aromatic heterocycles. The topological polar surface area (TPSA) is 75.3 Å². The SMILES string of the molecule is CCS(=O)(=O)CC(c1cccc(Cl)c1)C1CNC(=O)CN1. The molecule has 1 aliphatic heterocycles. The summed E-state index contributed by atoms with van der Waals surface area (Å²) < 4.78 is 24.1. The van der Waals surface area contributed by atoms with Crippen molar-refractivity contribution in [1.29, 1.82) is 0 Å². The zero-order valence-corrected chi connectivity index (χ0v) is 13.4. The Kier molecular flexibility index (Phi) is 5.24. The number of rotatable bonds is 5. The molecule has 0 spiro atoms. The lowest BCUT2D eigenvalue weighted by atomic mass is 9.92. The van der Waals surface area contributed by atoms with Crippen LogP contribution in [0.15, 0.2) is 24.3 Å². The molecule has 1 aromatic carbocycles. The van der Waals surface area contributed by atoms with Gasteiger partial charge in [-0.1, -0.05) is 30.7 Å². The van der Waals surface area contributed by atoms with Gasteiger partial charge in [-0.25, -0.2) is 8.42 Å². The molecular formula is C14H19ClN2O3S. The number of benzene rings is 1. The van der Waals surface area contributed by atoms with Gasteiger partial charge in [0.05, 0.1) is 12.3 Å². The van der Waals surface area contributed by atoms with E-state index in [2.05, 4.69) is 10.6 Å². The molecule has 0 saturated carbocycles. The highest BCUT2D eigenvalue weighted by Crippen LogP contribution is 2.25. The predicted molar refractivity (Wildman–Crippen MR) is 83.3 cm³/mol. The average molecular weight is 331 g/mol. The third kappa shape index (κ3) is 4.43. The van der Waals surface area contributed by atoms with Gasteiger partial charge >= 0.3 is 0 Å². The Morgan fingerprint density at radius 2 is 2.19 bits per heavy atom. The highest BCUT2D eigenvalue weighted by Gasteiger charge is 2.30. The Balaban J connectivity index is 2.28. The van der Waals surface area contributed by atoms with Gasteiger partial charge in [-0.2, -0.15) is 0 Å². The van der Waals surface area contributed by atoms with E-state index >= 15 is 0 Å². The number of sulfone groups is 1. The number of carbonyl (C=O) groups excluding carboxylic acids is 1. The lowest BCUT2D eigenvalue weighted by Gasteiger charge is -2.31. The molecule has 7 heteroatoms. The standard InChI is InChI=1S/C14H19ClN2O3S/c1-2-21(19,20)9-12(10-4-3-5-11(15)6-10)13-7-17-14(18)8-16-13/h3-6,12-13,16H,2,7-9H2,1H3,(H,17,18). The van der Waals surface area contributed by atoms with Crippen molar-refractivity contribution >= 4 is 27.3 Å². The Morgan fingerprint density at radius 3 is 2.76 bits per heavy atom. The van der Waals surface area contributed by atoms with Crippen molar-refractivity contribution in [3.05, 3.63) is 34.9 Å². The summed E-state index contributed by atoms with van der Waals surface area (Å²) in [5, 5.41) is 6.46. The van der Waals surface area contributed by atoms with Crippen LogP contribution in [0.4, 0.5) is 0 Å². The van der Waals surface area contributed by atoms with Gasteiger partial charge in [0.15, 0.2) is 9.84 Å². The fourth-order valence-corrected chi connectivity index (χ4v) is 3.85. The first-order valence-corrected chi connectivity index (χ1v) is 9.07. The highest BCUT2D eigenvalue weighted by atomic mass is 35.5. The summed E-state index contributed by atoms with van der Waals surface area (Å²) in [6.07, 6.45) is 0. The van der Waals surface area contributed by atoms with E-state index in [0.717, 1.165) is 5.56 Å². The Morgan fingerprint density at radius 1 is 1.43 bits per heavy atom. The van der Waals surface area contributed by atoms with Gasteiger partial charge in [0.2, 0.25) is 5.91 Å². The zero-order chi connectivity index (χ0) is 15.5. The van der Waals surface area contributed by atoms with Crippen LogP contribution in [-0.2, 0) is 14.6 Å². The third-order valence-corrected chi connectivity index (χ3v) is 5.66. The monoisotopic (exact) mass is 330 g/mol. The quantitative estimate of drug-likeness (QED) is 0.842. The van der Waals surface area contributed by atoms with E-state index in [1.807, 2.05) is 12.1 Å². The summed E-state index contributed by atoms with van der Waals surface area (Å²) >= 11 is 6.02. The molecule has 2 N–H and O–H groups in total. The molecule has 1 aromatic rings. The van der Waals surface area contributed by atoms with Crippen LogP contribution in [0.5, 0.6) is 0 Å². The molecule has 2 unspecified atom stereocenters. The molecule has 5 nitrogen and oxygen atoms in total. The van der Waals surface area contributed by atoms with E-state index in [-0.39, 0.29) is 35.9 Å². The minimum absolute atomic E-state index is 0.0391. The predicted octanol–water partition coefficient (Wildman–Crippen LogP) is 0.946. The van der Waals surface area contributed by atoms with Crippen molar-refractivity contribution in [2.24, 2.45) is 0 Å². The number of hydrogen-bond acceptors (Lipinski definition) is 4. The van der Waals surface area contributed by atoms with Gasteiger partial charge < -0.3 is 10.6 Å². The first-order chi connectivity index (χ1) is 9.91. The molecule has 1 saturated heterocycles. The van der Waals surface area contributed by atoms with E-state index in [4.69, 9.17) is 11.6 Å². The maximum atomic E-state index is 12.0. The van der Waals surface area contributed by atoms with Crippen LogP contribution in [0.2, 0.25) is 5.02 Å². The number of nitrogens with one attached hydrogen (secondary N) is 2. The van der Waals surface area contributed by atoms with Crippen LogP contribution < -0.4 is 10.6 Å². The molecule has 0 bridgehead atoms. The molecule has 0 aliphatic carbocycles. The summed E-state index contributed by atoms with van der Waals surface area (Å²) in [6, 6.07) is 7.11. The van der Waals surface area contributed by atoms with Crippen molar-refractivity contribution in [2.45, 2.75) is 18.9 Å². The van der Waals surface area contributed by atoms with Crippen molar-refractivity contribution < 1.29 is 13.2 Å². The Labute approximate surface area is 130 Å². The van der Waals surface area contributed by atoms with Gasteiger partial charge in [-0.15, -0.1) is 0 Å². The molecule has 1 aliphatic rings. The van der Waals surface area contributed by atoms with E-state index in [9.17, 15) is 13.2 Å². The minimum atomic E-state index is -3.14. The van der Waals surface area contributed by atoms with Crippen molar-refractivity contribution in [2.75, 3.05) is 24.6 Å².